The predicted molar refractivity (Wildman–Crippen MR) is 133 cm³/mol. The van der Waals surface area contributed by atoms with E-state index in [-0.39, 0.29) is 24.2 Å². The maximum absolute atomic E-state index is 14.2. The van der Waals surface area contributed by atoms with Crippen molar-refractivity contribution in [3.8, 4) is 11.5 Å². The topological polar surface area (TPSA) is 99.6 Å². The van der Waals surface area contributed by atoms with E-state index < -0.39 is 28.9 Å². The molecule has 9 heteroatoms. The average Bonchev–Trinajstić information content (AvgIpc) is 3.25. The third kappa shape index (κ3) is 3.30. The van der Waals surface area contributed by atoms with E-state index in [1.807, 2.05) is 19.0 Å². The molecular weight excluding hydrogens is 462 g/mol. The lowest BCUT2D eigenvalue weighted by molar-refractivity contribution is -0.143. The number of aliphatic hydroxyl groups is 1. The first-order valence-corrected chi connectivity index (χ1v) is 11.7. The molecule has 1 unspecified atom stereocenters. The van der Waals surface area contributed by atoms with Gasteiger partial charge >= 0.3 is 0 Å². The molecule has 36 heavy (non-hydrogen) atoms. The molecule has 0 aliphatic carbocycles. The van der Waals surface area contributed by atoms with Gasteiger partial charge in [0.05, 0.1) is 11.3 Å². The highest BCUT2D eigenvalue weighted by atomic mass is 16.6. The highest BCUT2D eigenvalue weighted by Crippen LogP contribution is 2.53. The Hall–Kier alpha value is -4.11. The van der Waals surface area contributed by atoms with Gasteiger partial charge in [0.2, 0.25) is 0 Å². The number of amides is 2. The van der Waals surface area contributed by atoms with Crippen LogP contribution in [-0.4, -0.2) is 79.4 Å². The Kier molecular flexibility index (Phi) is 5.80. The molecule has 3 aliphatic rings. The predicted octanol–water partition coefficient (Wildman–Crippen LogP) is 2.13. The van der Waals surface area contributed by atoms with Gasteiger partial charge in [0.15, 0.2) is 17.0 Å². The molecule has 3 heterocycles. The molecule has 0 bridgehead atoms. The van der Waals surface area contributed by atoms with E-state index in [0.717, 1.165) is 0 Å². The van der Waals surface area contributed by atoms with Crippen LogP contribution in [0.1, 0.15) is 11.1 Å². The molecule has 0 aromatic heterocycles. The van der Waals surface area contributed by atoms with Crippen molar-refractivity contribution in [1.82, 2.24) is 9.80 Å². The minimum Gasteiger partial charge on any atom is -0.507 e. The zero-order valence-electron chi connectivity index (χ0n) is 20.2. The molecule has 0 radical (unpaired) electrons. The van der Waals surface area contributed by atoms with Crippen LogP contribution in [0.25, 0.3) is 5.76 Å². The standard InChI is InChI=1S/C27H27N3O6/c1-4-11-29-19-8-6-5-7-18(19)27(26(29)34)22(24(32)25(33)30(27)13-12-28(2)3)23(31)17-9-10-20-21(16-17)36-15-14-35-20/h4-10,16,31H,1,11-15H2,2-3H3. The van der Waals surface area contributed by atoms with Crippen molar-refractivity contribution in [2.24, 2.45) is 0 Å². The highest BCUT2D eigenvalue weighted by Gasteiger charge is 2.66. The number of fused-ring (bicyclic) bond motifs is 3. The second-order valence-corrected chi connectivity index (χ2v) is 9.10. The molecule has 2 aromatic carbocycles. The number of likely N-dealkylation sites (tertiary alicyclic amines) is 1. The fourth-order valence-corrected chi connectivity index (χ4v) is 5.11. The lowest BCUT2D eigenvalue weighted by atomic mass is 9.82. The Morgan fingerprint density at radius 3 is 2.56 bits per heavy atom. The fourth-order valence-electron chi connectivity index (χ4n) is 5.11. The molecule has 3 aliphatic heterocycles. The Bertz CT molecular complexity index is 1320. The summed E-state index contributed by atoms with van der Waals surface area (Å²) in [4.78, 5) is 45.9. The van der Waals surface area contributed by atoms with Gasteiger partial charge in [-0.15, -0.1) is 6.58 Å². The van der Waals surface area contributed by atoms with Gasteiger partial charge in [0.25, 0.3) is 17.6 Å². The number of Topliss-reactive ketones (excluding diaryl/α,β-unsaturated/α-hetero) is 1. The van der Waals surface area contributed by atoms with Crippen LogP contribution in [-0.2, 0) is 19.9 Å². The summed E-state index contributed by atoms with van der Waals surface area (Å²) in [7, 11) is 3.68. The van der Waals surface area contributed by atoms with Crippen LogP contribution < -0.4 is 14.4 Å². The monoisotopic (exact) mass is 489 g/mol. The molecule has 1 fully saturated rings. The fraction of sp³-hybridized carbons (Fsp3) is 0.296. The Morgan fingerprint density at radius 2 is 1.83 bits per heavy atom. The summed E-state index contributed by atoms with van der Waals surface area (Å²) in [5, 5.41) is 11.6. The Balaban J connectivity index is 1.78. The average molecular weight is 490 g/mol. The third-order valence-electron chi connectivity index (χ3n) is 6.71. The van der Waals surface area contributed by atoms with E-state index in [0.29, 0.717) is 42.5 Å². The summed E-state index contributed by atoms with van der Waals surface area (Å²) in [6.07, 6.45) is 1.58. The van der Waals surface area contributed by atoms with Crippen molar-refractivity contribution < 1.29 is 29.0 Å². The van der Waals surface area contributed by atoms with E-state index in [4.69, 9.17) is 9.47 Å². The SMILES string of the molecule is C=CCN1C(=O)C2(C(=C(O)c3ccc4c(c3)OCCO4)C(=O)C(=O)N2CCN(C)C)c2ccccc21. The number of nitrogens with zero attached hydrogens (tertiary/aromatic N) is 3. The van der Waals surface area contributed by atoms with Crippen LogP contribution in [0, 0.1) is 0 Å². The van der Waals surface area contributed by atoms with Gasteiger partial charge in [-0.25, -0.2) is 0 Å². The second kappa shape index (κ2) is 8.83. The Morgan fingerprint density at radius 1 is 1.11 bits per heavy atom. The number of para-hydroxylation sites is 1. The molecule has 9 nitrogen and oxygen atoms in total. The first kappa shape index (κ1) is 23.6. The normalized spacial score (nSPS) is 22.0. The summed E-state index contributed by atoms with van der Waals surface area (Å²) in [5.74, 6) is -1.75. The number of likely N-dealkylation sites (N-methyl/N-ethyl adjacent to an activating group) is 1. The number of anilines is 1. The number of benzene rings is 2. The highest BCUT2D eigenvalue weighted by molar-refractivity contribution is 6.50. The van der Waals surface area contributed by atoms with Crippen molar-refractivity contribution in [3.05, 3.63) is 71.8 Å². The van der Waals surface area contributed by atoms with Crippen molar-refractivity contribution in [2.75, 3.05) is 51.8 Å². The summed E-state index contributed by atoms with van der Waals surface area (Å²) in [6.45, 7) is 5.21. The third-order valence-corrected chi connectivity index (χ3v) is 6.71. The van der Waals surface area contributed by atoms with Gasteiger partial charge in [-0.05, 0) is 38.4 Å². The second-order valence-electron chi connectivity index (χ2n) is 9.10. The number of carbonyl (C=O) groups excluding carboxylic acids is 3. The summed E-state index contributed by atoms with van der Waals surface area (Å²) < 4.78 is 11.2. The van der Waals surface area contributed by atoms with Gasteiger partial charge in [-0.2, -0.15) is 0 Å². The minimum absolute atomic E-state index is 0.109. The quantitative estimate of drug-likeness (QED) is 0.287. The van der Waals surface area contributed by atoms with E-state index in [1.54, 1.807) is 48.5 Å². The number of hydrogen-bond acceptors (Lipinski definition) is 7. The largest absolute Gasteiger partial charge is 0.507 e. The van der Waals surface area contributed by atoms with Gasteiger partial charge in [-0.3, -0.25) is 14.4 Å². The van der Waals surface area contributed by atoms with Crippen LogP contribution in [0.15, 0.2) is 60.7 Å². The molecule has 0 saturated carbocycles. The molecule has 1 saturated heterocycles. The lowest BCUT2D eigenvalue weighted by Crippen LogP contribution is -2.53. The first-order valence-electron chi connectivity index (χ1n) is 11.7. The van der Waals surface area contributed by atoms with Crippen molar-refractivity contribution in [2.45, 2.75) is 5.54 Å². The molecule has 186 valence electrons. The number of ether oxygens (including phenoxy) is 2. The van der Waals surface area contributed by atoms with Crippen LogP contribution >= 0.6 is 0 Å². The van der Waals surface area contributed by atoms with Crippen LogP contribution in [0.4, 0.5) is 5.69 Å². The van der Waals surface area contributed by atoms with Gasteiger partial charge in [0, 0.05) is 30.8 Å². The number of carbonyl (C=O) groups is 3. The maximum Gasteiger partial charge on any atom is 0.296 e. The smallest absolute Gasteiger partial charge is 0.296 e. The van der Waals surface area contributed by atoms with Crippen LogP contribution in [0.3, 0.4) is 0 Å². The number of aliphatic hydroxyl groups excluding tert-OH is 1. The van der Waals surface area contributed by atoms with E-state index in [1.165, 1.54) is 9.80 Å². The first-order chi connectivity index (χ1) is 17.3. The van der Waals surface area contributed by atoms with Crippen molar-refractivity contribution in [3.63, 3.8) is 0 Å². The molecule has 2 amide bonds. The number of rotatable bonds is 6. The molecule has 1 N–H and O–H groups in total. The number of ketones is 1. The van der Waals surface area contributed by atoms with E-state index in [2.05, 4.69) is 6.58 Å². The molecular formula is C27H27N3O6. The summed E-state index contributed by atoms with van der Waals surface area (Å²) in [6, 6.07) is 11.8. The van der Waals surface area contributed by atoms with Gasteiger partial charge in [-0.1, -0.05) is 24.3 Å². The lowest BCUT2D eigenvalue weighted by Gasteiger charge is -2.35. The zero-order chi connectivity index (χ0) is 25.6. The molecule has 5 rings (SSSR count). The van der Waals surface area contributed by atoms with Gasteiger partial charge in [0.1, 0.15) is 19.0 Å². The van der Waals surface area contributed by atoms with Crippen molar-refractivity contribution in [1.29, 1.82) is 0 Å². The molecule has 2 aromatic rings. The Labute approximate surface area is 208 Å². The molecule has 1 spiro atoms. The minimum atomic E-state index is -1.80. The van der Waals surface area contributed by atoms with Crippen LogP contribution in [0.2, 0.25) is 0 Å². The van der Waals surface area contributed by atoms with Crippen molar-refractivity contribution >= 4 is 29.0 Å². The van der Waals surface area contributed by atoms with Gasteiger partial charge < -0.3 is 29.3 Å². The molecule has 1 atom stereocenters. The maximum atomic E-state index is 14.2. The van der Waals surface area contributed by atoms with Crippen LogP contribution in [0.5, 0.6) is 11.5 Å². The zero-order valence-corrected chi connectivity index (χ0v) is 20.2. The summed E-state index contributed by atoms with van der Waals surface area (Å²) >= 11 is 0. The number of hydrogen-bond donors (Lipinski definition) is 1. The summed E-state index contributed by atoms with van der Waals surface area (Å²) in [5.41, 5.74) is -0.786. The van der Waals surface area contributed by atoms with E-state index >= 15 is 0 Å². The van der Waals surface area contributed by atoms with E-state index in [9.17, 15) is 19.5 Å².